The Labute approximate surface area is 248 Å². The van der Waals surface area contributed by atoms with E-state index in [1.807, 2.05) is 0 Å². The fourth-order valence-electron chi connectivity index (χ4n) is 5.38. The number of nitrogens with zero attached hydrogens (tertiary/aromatic N) is 6. The minimum Gasteiger partial charge on any atom is -0.443 e. The number of amides is 2. The first-order valence-electron chi connectivity index (χ1n) is 14.2. The largest absolute Gasteiger partial charge is 0.443 e. The lowest BCUT2D eigenvalue weighted by molar-refractivity contribution is -0.136. The van der Waals surface area contributed by atoms with Gasteiger partial charge in [-0.15, -0.1) is 0 Å². The lowest BCUT2D eigenvalue weighted by Gasteiger charge is -2.45. The average Bonchev–Trinajstić information content (AvgIpc) is 3.57. The number of aliphatic imine (C=N–C) groups is 1. The van der Waals surface area contributed by atoms with Crippen molar-refractivity contribution in [3.63, 3.8) is 0 Å². The smallest absolute Gasteiger partial charge is 0.415 e. The summed E-state index contributed by atoms with van der Waals surface area (Å²) in [6, 6.07) is 0.991. The number of halogens is 2. The SMILES string of the molecule is CO[C@H]1CCC(C=NC(=O)c2cnn3c(N(C)C(=O)OC(C)(C)C)cc(NC4=CC=CN(C5CC(F)(F)C5)C4O)nc23)C1. The highest BCUT2D eigenvalue weighted by atomic mass is 19.3. The van der Waals surface area contributed by atoms with Gasteiger partial charge in [0.25, 0.3) is 11.8 Å². The van der Waals surface area contributed by atoms with Crippen molar-refractivity contribution in [1.29, 1.82) is 0 Å². The van der Waals surface area contributed by atoms with Crippen molar-refractivity contribution in [1.82, 2.24) is 19.5 Å². The summed E-state index contributed by atoms with van der Waals surface area (Å²) in [5.74, 6) is -2.79. The molecule has 0 bridgehead atoms. The van der Waals surface area contributed by atoms with Gasteiger partial charge in [-0.25, -0.2) is 23.6 Å². The molecule has 3 atom stereocenters. The second kappa shape index (κ2) is 11.6. The van der Waals surface area contributed by atoms with Crippen LogP contribution in [0.1, 0.15) is 63.2 Å². The number of methoxy groups -OCH3 is 1. The van der Waals surface area contributed by atoms with Crippen LogP contribution in [0, 0.1) is 5.92 Å². The lowest BCUT2D eigenvalue weighted by atomic mass is 9.86. The van der Waals surface area contributed by atoms with Crippen LogP contribution in [0.4, 0.5) is 25.2 Å². The fraction of sp³-hybridized carbons (Fsp3) is 0.552. The standard InChI is InChI=1S/C29H37F2N7O5/c1-28(2,3)43-27(41)36(4)23-12-22(34-21-7-6-10-37(26(21)40)18-13-29(30,31)14-18)35-24-20(16-33-38(23)24)25(39)32-15-17-8-9-19(11-17)42-5/h6-7,10,12,15-19,26,40H,8-9,11,13-14H2,1-5H3,(H,34,35)/t17?,19-,26?/m0/s1. The van der Waals surface area contributed by atoms with Gasteiger partial charge in [-0.05, 0) is 58.1 Å². The van der Waals surface area contributed by atoms with E-state index in [0.717, 1.165) is 19.3 Å². The number of anilines is 2. The zero-order valence-electron chi connectivity index (χ0n) is 24.8. The van der Waals surface area contributed by atoms with Crippen molar-refractivity contribution in [2.24, 2.45) is 10.9 Å². The number of carbonyl (C=O) groups is 2. The minimum atomic E-state index is -2.75. The predicted molar refractivity (Wildman–Crippen MR) is 155 cm³/mol. The van der Waals surface area contributed by atoms with Gasteiger partial charge in [0.1, 0.15) is 22.8 Å². The summed E-state index contributed by atoms with van der Waals surface area (Å²) in [5.41, 5.74) is -0.266. The summed E-state index contributed by atoms with van der Waals surface area (Å²) in [7, 11) is 3.16. The molecule has 2 aromatic rings. The van der Waals surface area contributed by atoms with E-state index in [-0.39, 0.29) is 53.4 Å². The summed E-state index contributed by atoms with van der Waals surface area (Å²) in [5, 5.41) is 18.4. The van der Waals surface area contributed by atoms with E-state index in [1.54, 1.807) is 52.4 Å². The maximum atomic E-state index is 13.5. The number of fused-ring (bicyclic) bond motifs is 1. The molecule has 0 saturated heterocycles. The third kappa shape index (κ3) is 6.69. The van der Waals surface area contributed by atoms with Crippen molar-refractivity contribution in [3.8, 4) is 0 Å². The molecule has 2 aliphatic carbocycles. The molecule has 1 aliphatic heterocycles. The Bertz CT molecular complexity index is 1470. The van der Waals surface area contributed by atoms with Crippen molar-refractivity contribution in [3.05, 3.63) is 41.9 Å². The van der Waals surface area contributed by atoms with Crippen LogP contribution in [0.15, 0.2) is 41.3 Å². The molecule has 232 valence electrons. The van der Waals surface area contributed by atoms with Crippen molar-refractivity contribution in [2.45, 2.75) is 82.8 Å². The second-order valence-corrected chi connectivity index (χ2v) is 12.2. The zero-order valence-corrected chi connectivity index (χ0v) is 24.8. The van der Waals surface area contributed by atoms with Gasteiger partial charge in [-0.2, -0.15) is 9.61 Å². The van der Waals surface area contributed by atoms with Gasteiger partial charge in [0, 0.05) is 51.5 Å². The number of ether oxygens (including phenoxy) is 2. The third-order valence-electron chi connectivity index (χ3n) is 7.71. The highest BCUT2D eigenvalue weighted by molar-refractivity contribution is 6.04. The van der Waals surface area contributed by atoms with Crippen molar-refractivity contribution in [2.75, 3.05) is 24.4 Å². The molecular formula is C29H37F2N7O5. The van der Waals surface area contributed by atoms with E-state index in [2.05, 4.69) is 20.4 Å². The van der Waals surface area contributed by atoms with Crippen LogP contribution in [-0.2, 0) is 9.47 Å². The number of aromatic nitrogens is 3. The van der Waals surface area contributed by atoms with Crippen LogP contribution < -0.4 is 10.2 Å². The van der Waals surface area contributed by atoms with E-state index < -0.39 is 35.8 Å². The van der Waals surface area contributed by atoms with E-state index in [0.29, 0.717) is 0 Å². The van der Waals surface area contributed by atoms with Crippen LogP contribution in [0.2, 0.25) is 0 Å². The van der Waals surface area contributed by atoms with Gasteiger partial charge in [-0.3, -0.25) is 9.69 Å². The topological polar surface area (TPSA) is 134 Å². The molecule has 5 rings (SSSR count). The minimum absolute atomic E-state index is 0.108. The Balaban J connectivity index is 1.45. The number of nitrogens with one attached hydrogen (secondary N) is 1. The first-order chi connectivity index (χ1) is 20.2. The normalized spacial score (nSPS) is 23.9. The molecule has 0 spiro atoms. The van der Waals surface area contributed by atoms with Crippen LogP contribution in [0.5, 0.6) is 0 Å². The maximum absolute atomic E-state index is 13.5. The first kappa shape index (κ1) is 30.5. The zero-order chi connectivity index (χ0) is 31.1. The van der Waals surface area contributed by atoms with Crippen molar-refractivity contribution < 1.29 is 33.0 Å². The van der Waals surface area contributed by atoms with Crippen LogP contribution in [0.25, 0.3) is 5.65 Å². The summed E-state index contributed by atoms with van der Waals surface area (Å²) in [6.07, 6.45) is 7.83. The Morgan fingerprint density at radius 2 is 2.02 bits per heavy atom. The molecule has 43 heavy (non-hydrogen) atoms. The fourth-order valence-corrected chi connectivity index (χ4v) is 5.38. The molecule has 2 amide bonds. The molecule has 12 nitrogen and oxygen atoms in total. The number of aliphatic hydroxyl groups excluding tert-OH is 1. The molecule has 2 saturated carbocycles. The highest BCUT2D eigenvalue weighted by Crippen LogP contribution is 2.42. The molecule has 2 unspecified atom stereocenters. The Kier molecular flexibility index (Phi) is 8.27. The van der Waals surface area contributed by atoms with Gasteiger partial charge in [0.05, 0.1) is 18.0 Å². The summed E-state index contributed by atoms with van der Waals surface area (Å²) in [6.45, 7) is 5.22. The van der Waals surface area contributed by atoms with Crippen LogP contribution >= 0.6 is 0 Å². The average molecular weight is 602 g/mol. The van der Waals surface area contributed by atoms with Crippen molar-refractivity contribution >= 4 is 35.5 Å². The van der Waals surface area contributed by atoms with Gasteiger partial charge >= 0.3 is 6.09 Å². The molecule has 2 aromatic heterocycles. The third-order valence-corrected chi connectivity index (χ3v) is 7.71. The Morgan fingerprint density at radius 1 is 1.28 bits per heavy atom. The monoisotopic (exact) mass is 601 g/mol. The molecule has 0 aromatic carbocycles. The molecule has 2 fully saturated rings. The number of rotatable bonds is 7. The summed E-state index contributed by atoms with van der Waals surface area (Å²) in [4.78, 5) is 37.7. The van der Waals surface area contributed by atoms with E-state index in [4.69, 9.17) is 9.47 Å². The molecule has 14 heteroatoms. The van der Waals surface area contributed by atoms with E-state index in [1.165, 1.54) is 33.6 Å². The van der Waals surface area contributed by atoms with Gasteiger partial charge in [-0.1, -0.05) is 0 Å². The van der Waals surface area contributed by atoms with Crippen LogP contribution in [-0.4, -0.2) is 86.9 Å². The van der Waals surface area contributed by atoms with Gasteiger partial charge in [0.2, 0.25) is 0 Å². The number of aliphatic hydroxyl groups is 1. The lowest BCUT2D eigenvalue weighted by Crippen LogP contribution is -2.53. The number of carbonyl (C=O) groups excluding carboxylic acids is 2. The molecule has 3 heterocycles. The Morgan fingerprint density at radius 3 is 2.67 bits per heavy atom. The molecule has 3 aliphatic rings. The first-order valence-corrected chi connectivity index (χ1v) is 14.2. The second-order valence-electron chi connectivity index (χ2n) is 12.2. The molecule has 0 radical (unpaired) electrons. The summed E-state index contributed by atoms with van der Waals surface area (Å²) < 4.78 is 39.3. The number of allylic oxidation sites excluding steroid dienone is 2. The van der Waals surface area contributed by atoms with Gasteiger partial charge in [0.15, 0.2) is 11.9 Å². The van der Waals surface area contributed by atoms with Gasteiger partial charge < -0.3 is 24.8 Å². The molecular weight excluding hydrogens is 564 g/mol. The summed E-state index contributed by atoms with van der Waals surface area (Å²) >= 11 is 0. The highest BCUT2D eigenvalue weighted by Gasteiger charge is 2.49. The predicted octanol–water partition coefficient (Wildman–Crippen LogP) is 4.37. The van der Waals surface area contributed by atoms with E-state index in [9.17, 15) is 23.5 Å². The number of hydrogen-bond acceptors (Lipinski definition) is 9. The number of alkyl halides is 2. The quantitative estimate of drug-likeness (QED) is 0.444. The van der Waals surface area contributed by atoms with Crippen LogP contribution in [0.3, 0.4) is 0 Å². The molecule has 2 N–H and O–H groups in total. The Hall–Kier alpha value is -3.91. The maximum Gasteiger partial charge on any atom is 0.415 e. The van der Waals surface area contributed by atoms with E-state index >= 15 is 0 Å². The number of hydrogen-bond donors (Lipinski definition) is 2.